The first-order valence-corrected chi connectivity index (χ1v) is 11.8. The van der Waals surface area contributed by atoms with Crippen molar-refractivity contribution in [2.45, 2.75) is 20.5 Å². The molecule has 0 aliphatic carbocycles. The molecule has 1 amide bonds. The van der Waals surface area contributed by atoms with E-state index in [0.717, 1.165) is 16.7 Å². The highest BCUT2D eigenvalue weighted by atomic mass is 35.5. The predicted octanol–water partition coefficient (Wildman–Crippen LogP) is 6.22. The smallest absolute Gasteiger partial charge is 0.264 e. The van der Waals surface area contributed by atoms with Crippen LogP contribution in [0.5, 0.6) is 17.2 Å². The lowest BCUT2D eigenvalue weighted by Crippen LogP contribution is -2.19. The molecule has 0 atom stereocenters. The molecular weight excluding hydrogens is 472 g/mol. The number of carbonyl (C=O) groups is 1. The number of nitrogens with one attached hydrogen (secondary N) is 1. The highest BCUT2D eigenvalue weighted by Crippen LogP contribution is 2.35. The van der Waals surface area contributed by atoms with E-state index in [-0.39, 0.29) is 11.7 Å². The number of rotatable bonds is 7. The van der Waals surface area contributed by atoms with Crippen molar-refractivity contribution in [1.82, 2.24) is 5.32 Å². The molecule has 3 aromatic carbocycles. The van der Waals surface area contributed by atoms with E-state index >= 15 is 0 Å². The van der Waals surface area contributed by atoms with Gasteiger partial charge in [0.15, 0.2) is 16.7 Å². The number of aliphatic imine (C=N–C) groups is 1. The van der Waals surface area contributed by atoms with Gasteiger partial charge in [-0.2, -0.15) is 0 Å². The third-order valence-electron chi connectivity index (χ3n) is 4.95. The van der Waals surface area contributed by atoms with Crippen molar-refractivity contribution in [3.63, 3.8) is 0 Å². The quantitative estimate of drug-likeness (QED) is 0.381. The Labute approximate surface area is 207 Å². The lowest BCUT2D eigenvalue weighted by atomic mass is 10.2. The summed E-state index contributed by atoms with van der Waals surface area (Å²) in [4.78, 5) is 17.4. The summed E-state index contributed by atoms with van der Waals surface area (Å²) >= 11 is 7.16. The standard InChI is InChI=1S/C26H23ClN2O4S/c1-3-32-22-13-18(9-12-21(22)33-15-17-7-10-19(27)11-8-17)14-23-25(31)29-26(34-23)28-24-16(2)5-4-6-20(24)30/h4-14,30H,3,15H2,1-2H3,(H,28,29,31)/b23-14-. The maximum absolute atomic E-state index is 12.5. The van der Waals surface area contributed by atoms with Crippen LogP contribution in [0.1, 0.15) is 23.6 Å². The minimum Gasteiger partial charge on any atom is -0.506 e. The Hall–Kier alpha value is -3.42. The molecule has 2 N–H and O–H groups in total. The van der Waals surface area contributed by atoms with Gasteiger partial charge in [-0.15, -0.1) is 0 Å². The zero-order chi connectivity index (χ0) is 24.1. The van der Waals surface area contributed by atoms with Gasteiger partial charge in [-0.3, -0.25) is 4.79 Å². The summed E-state index contributed by atoms with van der Waals surface area (Å²) in [5.41, 5.74) is 3.03. The van der Waals surface area contributed by atoms with Crippen LogP contribution in [0.4, 0.5) is 5.69 Å². The topological polar surface area (TPSA) is 80.2 Å². The second kappa shape index (κ2) is 10.7. The van der Waals surface area contributed by atoms with E-state index in [1.165, 1.54) is 11.8 Å². The van der Waals surface area contributed by atoms with E-state index in [4.69, 9.17) is 21.1 Å². The van der Waals surface area contributed by atoms with Crippen molar-refractivity contribution in [1.29, 1.82) is 0 Å². The van der Waals surface area contributed by atoms with Gasteiger partial charge in [-0.05, 0) is 78.7 Å². The van der Waals surface area contributed by atoms with Crippen LogP contribution in [0.2, 0.25) is 5.02 Å². The third-order valence-corrected chi connectivity index (χ3v) is 6.12. The van der Waals surface area contributed by atoms with Crippen LogP contribution in [-0.4, -0.2) is 22.8 Å². The fraction of sp³-hybridized carbons (Fsp3) is 0.154. The molecule has 1 saturated heterocycles. The minimum absolute atomic E-state index is 0.0651. The number of halogens is 1. The van der Waals surface area contributed by atoms with Crippen molar-refractivity contribution in [3.8, 4) is 17.2 Å². The van der Waals surface area contributed by atoms with Crippen molar-refractivity contribution >= 4 is 46.2 Å². The lowest BCUT2D eigenvalue weighted by molar-refractivity contribution is -0.115. The SMILES string of the molecule is CCOc1cc(/C=C2\SC(=Nc3c(C)cccc3O)NC2=O)ccc1OCc1ccc(Cl)cc1. The number of amides is 1. The van der Waals surface area contributed by atoms with Gasteiger partial charge in [-0.1, -0.05) is 41.9 Å². The first-order valence-electron chi connectivity index (χ1n) is 10.6. The van der Waals surface area contributed by atoms with Gasteiger partial charge in [-0.25, -0.2) is 4.99 Å². The molecule has 0 unspecified atom stereocenters. The van der Waals surface area contributed by atoms with Crippen molar-refractivity contribution in [2.24, 2.45) is 4.99 Å². The summed E-state index contributed by atoms with van der Waals surface area (Å²) in [7, 11) is 0. The molecule has 3 aromatic rings. The van der Waals surface area contributed by atoms with Gasteiger partial charge >= 0.3 is 0 Å². The number of hydrogen-bond donors (Lipinski definition) is 2. The highest BCUT2D eigenvalue weighted by Gasteiger charge is 2.24. The van der Waals surface area contributed by atoms with E-state index < -0.39 is 0 Å². The fourth-order valence-electron chi connectivity index (χ4n) is 3.27. The third kappa shape index (κ3) is 5.73. The molecule has 174 valence electrons. The van der Waals surface area contributed by atoms with Crippen LogP contribution >= 0.6 is 23.4 Å². The number of nitrogens with zero attached hydrogens (tertiary/aromatic N) is 1. The predicted molar refractivity (Wildman–Crippen MR) is 137 cm³/mol. The summed E-state index contributed by atoms with van der Waals surface area (Å²) in [5, 5.41) is 13.9. The minimum atomic E-state index is -0.252. The Morgan fingerprint density at radius 1 is 1.09 bits per heavy atom. The average Bonchev–Trinajstić information content (AvgIpc) is 3.16. The normalized spacial score (nSPS) is 15.6. The fourth-order valence-corrected chi connectivity index (χ4v) is 4.22. The molecule has 0 saturated carbocycles. The molecule has 1 aliphatic heterocycles. The summed E-state index contributed by atoms with van der Waals surface area (Å²) in [6.07, 6.45) is 1.77. The lowest BCUT2D eigenvalue weighted by Gasteiger charge is -2.13. The zero-order valence-corrected chi connectivity index (χ0v) is 20.2. The Morgan fingerprint density at radius 3 is 2.62 bits per heavy atom. The highest BCUT2D eigenvalue weighted by molar-refractivity contribution is 8.18. The summed E-state index contributed by atoms with van der Waals surface area (Å²) in [6, 6.07) is 18.2. The number of para-hydroxylation sites is 1. The van der Waals surface area contributed by atoms with E-state index in [1.54, 1.807) is 18.2 Å². The number of amidine groups is 1. The number of benzene rings is 3. The number of aryl methyl sites for hydroxylation is 1. The summed E-state index contributed by atoms with van der Waals surface area (Å²) in [5.74, 6) is 1.01. The van der Waals surface area contributed by atoms with Gasteiger partial charge in [0.2, 0.25) is 0 Å². The molecule has 4 rings (SSSR count). The van der Waals surface area contributed by atoms with Gasteiger partial charge in [0.05, 0.1) is 11.5 Å². The zero-order valence-electron chi connectivity index (χ0n) is 18.7. The molecule has 1 fully saturated rings. The van der Waals surface area contributed by atoms with Crippen LogP contribution in [0.15, 0.2) is 70.6 Å². The Morgan fingerprint density at radius 2 is 1.88 bits per heavy atom. The van der Waals surface area contributed by atoms with Gasteiger partial charge < -0.3 is 19.9 Å². The van der Waals surface area contributed by atoms with Crippen LogP contribution in [0.25, 0.3) is 6.08 Å². The molecule has 8 heteroatoms. The Kier molecular flexibility index (Phi) is 7.45. The monoisotopic (exact) mass is 494 g/mol. The number of phenols is 1. The maximum Gasteiger partial charge on any atom is 0.264 e. The second-order valence-electron chi connectivity index (χ2n) is 7.48. The van der Waals surface area contributed by atoms with E-state index in [0.29, 0.717) is 45.5 Å². The molecule has 0 radical (unpaired) electrons. The summed E-state index contributed by atoms with van der Waals surface area (Å²) < 4.78 is 11.7. The molecular formula is C26H23ClN2O4S. The number of thioether (sulfide) groups is 1. The number of phenolic OH excluding ortho intramolecular Hbond substituents is 1. The average molecular weight is 495 g/mol. The van der Waals surface area contributed by atoms with E-state index in [9.17, 15) is 9.90 Å². The molecule has 0 aromatic heterocycles. The molecule has 1 aliphatic rings. The second-order valence-corrected chi connectivity index (χ2v) is 8.95. The maximum atomic E-state index is 12.5. The van der Waals surface area contributed by atoms with Crippen LogP contribution in [0.3, 0.4) is 0 Å². The summed E-state index contributed by atoms with van der Waals surface area (Å²) in [6.45, 7) is 4.60. The Bertz CT molecular complexity index is 1250. The number of hydrogen-bond acceptors (Lipinski definition) is 6. The van der Waals surface area contributed by atoms with Crippen LogP contribution in [0, 0.1) is 6.92 Å². The molecule has 0 bridgehead atoms. The van der Waals surface area contributed by atoms with Gasteiger partial charge in [0, 0.05) is 5.02 Å². The van der Waals surface area contributed by atoms with Crippen LogP contribution in [-0.2, 0) is 11.4 Å². The number of aromatic hydroxyl groups is 1. The Balaban J connectivity index is 1.52. The first-order chi connectivity index (χ1) is 16.4. The van der Waals surface area contributed by atoms with E-state index in [1.807, 2.05) is 62.4 Å². The van der Waals surface area contributed by atoms with Crippen molar-refractivity contribution in [3.05, 3.63) is 87.3 Å². The number of ether oxygens (including phenoxy) is 2. The largest absolute Gasteiger partial charge is 0.506 e. The van der Waals surface area contributed by atoms with Crippen molar-refractivity contribution < 1.29 is 19.4 Å². The molecule has 34 heavy (non-hydrogen) atoms. The van der Waals surface area contributed by atoms with Crippen molar-refractivity contribution in [2.75, 3.05) is 6.61 Å². The number of carbonyl (C=O) groups excluding carboxylic acids is 1. The van der Waals surface area contributed by atoms with Gasteiger partial charge in [0.1, 0.15) is 18.0 Å². The van der Waals surface area contributed by atoms with Gasteiger partial charge in [0.25, 0.3) is 5.91 Å². The molecule has 6 nitrogen and oxygen atoms in total. The van der Waals surface area contributed by atoms with Crippen LogP contribution < -0.4 is 14.8 Å². The molecule has 0 spiro atoms. The molecule has 1 heterocycles. The first kappa shape index (κ1) is 23.7. The van der Waals surface area contributed by atoms with E-state index in [2.05, 4.69) is 10.3 Å².